The van der Waals surface area contributed by atoms with Gasteiger partial charge in [0.25, 0.3) is 0 Å². The van der Waals surface area contributed by atoms with E-state index in [0.29, 0.717) is 6.04 Å². The van der Waals surface area contributed by atoms with Gasteiger partial charge in [-0.05, 0) is 19.4 Å². The fourth-order valence-corrected chi connectivity index (χ4v) is 3.43. The van der Waals surface area contributed by atoms with Gasteiger partial charge in [0.1, 0.15) is 0 Å². The van der Waals surface area contributed by atoms with Crippen LogP contribution in [0, 0.1) is 11.8 Å². The van der Waals surface area contributed by atoms with Crippen LogP contribution in [0.1, 0.15) is 19.3 Å². The molecule has 3 unspecified atom stereocenters. The van der Waals surface area contributed by atoms with Gasteiger partial charge in [0.15, 0.2) is 0 Å². The number of fused-ring (bicyclic) bond motifs is 3. The van der Waals surface area contributed by atoms with E-state index in [4.69, 9.17) is 0 Å². The molecule has 3 rings (SSSR count). The highest BCUT2D eigenvalue weighted by Gasteiger charge is 2.56. The quantitative estimate of drug-likeness (QED) is 0.530. The van der Waals surface area contributed by atoms with Crippen molar-refractivity contribution in [2.45, 2.75) is 25.3 Å². The molecule has 0 spiro atoms. The second kappa shape index (κ2) is 3.04. The minimum Gasteiger partial charge on any atom is -0.299 e. The molecule has 2 amide bonds. The summed E-state index contributed by atoms with van der Waals surface area (Å²) in [7, 11) is 1.62. The molecule has 82 valence electrons. The molecule has 3 heterocycles. The Labute approximate surface area is 89.2 Å². The summed E-state index contributed by atoms with van der Waals surface area (Å²) >= 11 is 0. The lowest BCUT2D eigenvalue weighted by Gasteiger charge is -2.31. The first-order chi connectivity index (χ1) is 7.20. The zero-order chi connectivity index (χ0) is 10.6. The van der Waals surface area contributed by atoms with Gasteiger partial charge in [-0.15, -0.1) is 0 Å². The van der Waals surface area contributed by atoms with Gasteiger partial charge < -0.3 is 0 Å². The first-order valence-electron chi connectivity index (χ1n) is 5.75. The van der Waals surface area contributed by atoms with Gasteiger partial charge in [0.05, 0.1) is 11.8 Å². The van der Waals surface area contributed by atoms with E-state index in [1.165, 1.54) is 17.7 Å². The Bertz CT molecular complexity index is 329. The van der Waals surface area contributed by atoms with Crippen molar-refractivity contribution in [3.63, 3.8) is 0 Å². The maximum absolute atomic E-state index is 11.9. The van der Waals surface area contributed by atoms with Crippen LogP contribution in [0.15, 0.2) is 0 Å². The van der Waals surface area contributed by atoms with Crippen molar-refractivity contribution in [1.82, 2.24) is 9.80 Å². The molecular formula is C11H16N2O2. The summed E-state index contributed by atoms with van der Waals surface area (Å²) in [6.45, 7) is 1.88. The second-order valence-electron chi connectivity index (χ2n) is 4.93. The van der Waals surface area contributed by atoms with Crippen LogP contribution in [0.4, 0.5) is 0 Å². The van der Waals surface area contributed by atoms with Gasteiger partial charge in [-0.1, -0.05) is 6.42 Å². The maximum Gasteiger partial charge on any atom is 0.234 e. The van der Waals surface area contributed by atoms with Crippen LogP contribution in [0.25, 0.3) is 0 Å². The zero-order valence-electron chi connectivity index (χ0n) is 8.98. The van der Waals surface area contributed by atoms with Crippen LogP contribution in [0.3, 0.4) is 0 Å². The summed E-state index contributed by atoms with van der Waals surface area (Å²) in [5.74, 6) is 0.0344. The lowest BCUT2D eigenvalue weighted by molar-refractivity contribution is -0.139. The largest absolute Gasteiger partial charge is 0.299 e. The molecule has 4 nitrogen and oxygen atoms in total. The van der Waals surface area contributed by atoms with Crippen molar-refractivity contribution in [3.05, 3.63) is 0 Å². The lowest BCUT2D eigenvalue weighted by atomic mass is 9.89. The molecule has 0 aromatic rings. The molecular weight excluding hydrogens is 192 g/mol. The Balaban J connectivity index is 1.92. The van der Waals surface area contributed by atoms with Crippen molar-refractivity contribution >= 4 is 11.8 Å². The Morgan fingerprint density at radius 2 is 2.00 bits per heavy atom. The van der Waals surface area contributed by atoms with Gasteiger partial charge in [-0.2, -0.15) is 0 Å². The van der Waals surface area contributed by atoms with Crippen molar-refractivity contribution in [3.8, 4) is 0 Å². The number of carbonyl (C=O) groups is 2. The van der Waals surface area contributed by atoms with Gasteiger partial charge in [0.2, 0.25) is 11.8 Å². The Morgan fingerprint density at radius 1 is 1.20 bits per heavy atom. The molecule has 0 saturated carbocycles. The summed E-state index contributed by atoms with van der Waals surface area (Å²) < 4.78 is 0. The first kappa shape index (κ1) is 9.33. The molecule has 3 saturated heterocycles. The fourth-order valence-electron chi connectivity index (χ4n) is 3.43. The molecule has 3 aliphatic rings. The molecule has 3 fully saturated rings. The van der Waals surface area contributed by atoms with Crippen LogP contribution in [0.2, 0.25) is 0 Å². The third-order valence-corrected chi connectivity index (χ3v) is 4.21. The van der Waals surface area contributed by atoms with E-state index in [9.17, 15) is 9.59 Å². The van der Waals surface area contributed by atoms with E-state index in [1.54, 1.807) is 7.05 Å². The summed E-state index contributed by atoms with van der Waals surface area (Å²) in [6.07, 6.45) is 3.51. The summed E-state index contributed by atoms with van der Waals surface area (Å²) in [5.41, 5.74) is 0. The van der Waals surface area contributed by atoms with Gasteiger partial charge >= 0.3 is 0 Å². The van der Waals surface area contributed by atoms with Crippen molar-refractivity contribution in [1.29, 1.82) is 0 Å². The molecule has 0 aromatic carbocycles. The van der Waals surface area contributed by atoms with Crippen LogP contribution in [0.5, 0.6) is 0 Å². The summed E-state index contributed by atoms with van der Waals surface area (Å²) in [5, 5.41) is 0. The smallest absolute Gasteiger partial charge is 0.234 e. The van der Waals surface area contributed by atoms with Crippen molar-refractivity contribution in [2.24, 2.45) is 11.8 Å². The van der Waals surface area contributed by atoms with Crippen molar-refractivity contribution in [2.75, 3.05) is 20.1 Å². The van der Waals surface area contributed by atoms with E-state index in [1.807, 2.05) is 0 Å². The average Bonchev–Trinajstić information content (AvgIpc) is 2.72. The van der Waals surface area contributed by atoms with Crippen molar-refractivity contribution < 1.29 is 9.59 Å². The number of nitrogens with zero attached hydrogens (tertiary/aromatic N) is 2. The normalized spacial score (nSPS) is 40.9. The predicted octanol–water partition coefficient (Wildman–Crippen LogP) is 0.0855. The first-order valence-corrected chi connectivity index (χ1v) is 5.75. The number of carbonyl (C=O) groups excluding carboxylic acids is 2. The Hall–Kier alpha value is -0.900. The number of piperidine rings is 1. The third kappa shape index (κ3) is 1.11. The van der Waals surface area contributed by atoms with E-state index in [2.05, 4.69) is 4.90 Å². The zero-order valence-corrected chi connectivity index (χ0v) is 8.98. The minimum atomic E-state index is -0.0365. The molecule has 0 aliphatic carbocycles. The number of imide groups is 1. The number of hydrogen-bond donors (Lipinski definition) is 0. The van der Waals surface area contributed by atoms with Gasteiger partial charge in [-0.3, -0.25) is 19.4 Å². The average molecular weight is 208 g/mol. The number of rotatable bonds is 0. The molecule has 0 aromatic heterocycles. The SMILES string of the molecule is CN1C(=O)C2CN3CCCCC3C2C1=O. The number of likely N-dealkylation sites (tertiary alicyclic amines) is 1. The lowest BCUT2D eigenvalue weighted by Crippen LogP contribution is -2.41. The van der Waals surface area contributed by atoms with Gasteiger partial charge in [-0.25, -0.2) is 0 Å². The topological polar surface area (TPSA) is 40.6 Å². The summed E-state index contributed by atoms with van der Waals surface area (Å²) in [4.78, 5) is 27.4. The van der Waals surface area contributed by atoms with Crippen LogP contribution >= 0.6 is 0 Å². The molecule has 0 bridgehead atoms. The fraction of sp³-hybridized carbons (Fsp3) is 0.818. The summed E-state index contributed by atoms with van der Waals surface area (Å²) in [6, 6.07) is 0.352. The van der Waals surface area contributed by atoms with E-state index < -0.39 is 0 Å². The number of amides is 2. The number of hydrogen-bond acceptors (Lipinski definition) is 3. The van der Waals surface area contributed by atoms with E-state index in [-0.39, 0.29) is 23.7 Å². The Kier molecular flexibility index (Phi) is 1.89. The van der Waals surface area contributed by atoms with Crippen LogP contribution in [-0.4, -0.2) is 47.8 Å². The highest BCUT2D eigenvalue weighted by Crippen LogP contribution is 2.41. The van der Waals surface area contributed by atoms with E-state index >= 15 is 0 Å². The highest BCUT2D eigenvalue weighted by atomic mass is 16.2. The molecule has 15 heavy (non-hydrogen) atoms. The van der Waals surface area contributed by atoms with Gasteiger partial charge in [0, 0.05) is 19.6 Å². The van der Waals surface area contributed by atoms with Crippen LogP contribution in [-0.2, 0) is 9.59 Å². The molecule has 0 N–H and O–H groups in total. The van der Waals surface area contributed by atoms with Crippen LogP contribution < -0.4 is 0 Å². The monoisotopic (exact) mass is 208 g/mol. The second-order valence-corrected chi connectivity index (χ2v) is 4.93. The maximum atomic E-state index is 11.9. The highest BCUT2D eigenvalue weighted by molar-refractivity contribution is 6.05. The molecule has 3 atom stereocenters. The molecule has 3 aliphatic heterocycles. The Morgan fingerprint density at radius 3 is 2.80 bits per heavy atom. The standard InChI is InChI=1S/C11H16N2O2/c1-12-10(14)7-6-13-5-3-2-4-8(13)9(7)11(12)15/h7-9H,2-6H2,1H3. The van der Waals surface area contributed by atoms with E-state index in [0.717, 1.165) is 19.5 Å². The predicted molar refractivity (Wildman–Crippen MR) is 54.0 cm³/mol. The third-order valence-electron chi connectivity index (χ3n) is 4.21. The molecule has 4 heteroatoms. The minimum absolute atomic E-state index is 0.0252. The molecule has 0 radical (unpaired) electrons.